The number of amides is 1. The molecule has 0 saturated heterocycles. The van der Waals surface area contributed by atoms with Crippen molar-refractivity contribution >= 4 is 21.8 Å². The van der Waals surface area contributed by atoms with Crippen LogP contribution in [-0.4, -0.2) is 19.1 Å². The second kappa shape index (κ2) is 7.93. The normalized spacial score (nSPS) is 10.7. The number of rotatable bonds is 4. The van der Waals surface area contributed by atoms with Gasteiger partial charge in [0, 0.05) is 0 Å². The first kappa shape index (κ1) is 17.9. The molecule has 1 aromatic carbocycles. The van der Waals surface area contributed by atoms with Gasteiger partial charge in [0.15, 0.2) is 10.4 Å². The molecule has 0 unspecified atom stereocenters. The van der Waals surface area contributed by atoms with E-state index >= 15 is 0 Å². The Balaban J connectivity index is 1.77. The Labute approximate surface area is 144 Å². The highest BCUT2D eigenvalue weighted by Gasteiger charge is 2.30. The van der Waals surface area contributed by atoms with E-state index in [-0.39, 0.29) is 24.7 Å². The first-order valence-electron chi connectivity index (χ1n) is 6.65. The smallest absolute Gasteiger partial charge is 0.416 e. The minimum absolute atomic E-state index is 0.0586. The van der Waals surface area contributed by atoms with E-state index in [4.69, 9.17) is 9.15 Å². The predicted octanol–water partition coefficient (Wildman–Crippen LogP) is 3.87. The molecule has 0 bridgehead atoms. The molecule has 0 aliphatic rings. The van der Waals surface area contributed by atoms with E-state index in [1.165, 1.54) is 18.2 Å². The van der Waals surface area contributed by atoms with Gasteiger partial charge in [0.25, 0.3) is 5.91 Å². The number of carbonyl (C=O) groups excluding carboxylic acids is 1. The topological polar surface area (TPSA) is 51.5 Å². The van der Waals surface area contributed by atoms with Gasteiger partial charge in [-0.15, -0.1) is 0 Å². The minimum Gasteiger partial charge on any atom is -0.481 e. The molecule has 8 heteroatoms. The third-order valence-electron chi connectivity index (χ3n) is 2.73. The fourth-order valence-corrected chi connectivity index (χ4v) is 1.95. The average Bonchev–Trinajstić information content (AvgIpc) is 2.96. The van der Waals surface area contributed by atoms with Crippen LogP contribution < -0.4 is 10.1 Å². The monoisotopic (exact) mass is 401 g/mol. The Kier molecular flexibility index (Phi) is 5.93. The van der Waals surface area contributed by atoms with E-state index in [2.05, 4.69) is 33.1 Å². The van der Waals surface area contributed by atoms with Crippen LogP contribution in [0.2, 0.25) is 0 Å². The van der Waals surface area contributed by atoms with Crippen molar-refractivity contribution < 1.29 is 27.1 Å². The highest BCUT2D eigenvalue weighted by atomic mass is 79.9. The molecule has 0 aliphatic carbocycles. The molecule has 0 saturated carbocycles. The molecule has 0 aliphatic heterocycles. The van der Waals surface area contributed by atoms with Gasteiger partial charge in [-0.25, -0.2) is 0 Å². The van der Waals surface area contributed by atoms with Gasteiger partial charge in [-0.3, -0.25) is 4.79 Å². The van der Waals surface area contributed by atoms with Crippen molar-refractivity contribution in [3.63, 3.8) is 0 Å². The van der Waals surface area contributed by atoms with Crippen LogP contribution in [0.4, 0.5) is 13.2 Å². The first-order valence-corrected chi connectivity index (χ1v) is 7.45. The van der Waals surface area contributed by atoms with Gasteiger partial charge in [0.2, 0.25) is 0 Å². The van der Waals surface area contributed by atoms with Crippen LogP contribution in [0.25, 0.3) is 0 Å². The molecule has 0 fully saturated rings. The lowest BCUT2D eigenvalue weighted by Crippen LogP contribution is -2.23. The summed E-state index contributed by atoms with van der Waals surface area (Å²) in [5, 5.41) is 2.51. The van der Waals surface area contributed by atoms with Crippen molar-refractivity contribution in [1.82, 2.24) is 5.32 Å². The Bertz CT molecular complexity index is 775. The maximum absolute atomic E-state index is 12.5. The zero-order chi connectivity index (χ0) is 17.6. The highest BCUT2D eigenvalue weighted by Crippen LogP contribution is 2.31. The summed E-state index contributed by atoms with van der Waals surface area (Å²) < 4.78 is 48.2. The standard InChI is InChI=1S/C16H11BrF3NO3/c17-14-7-6-13(24-14)15(22)21-8-1-2-9-23-12-5-3-4-11(10-12)16(18,19)20/h3-7,10H,8-9H2,(H,21,22). The number of furan rings is 1. The van der Waals surface area contributed by atoms with Crippen LogP contribution in [0.3, 0.4) is 0 Å². The molecule has 0 atom stereocenters. The summed E-state index contributed by atoms with van der Waals surface area (Å²) in [5.74, 6) is 5.01. The summed E-state index contributed by atoms with van der Waals surface area (Å²) in [6.07, 6.45) is -4.42. The number of halogens is 4. The van der Waals surface area contributed by atoms with E-state index < -0.39 is 17.6 Å². The van der Waals surface area contributed by atoms with Gasteiger partial charge in [-0.2, -0.15) is 13.2 Å². The number of benzene rings is 1. The van der Waals surface area contributed by atoms with Gasteiger partial charge < -0.3 is 14.5 Å². The Morgan fingerprint density at radius 3 is 2.71 bits per heavy atom. The van der Waals surface area contributed by atoms with E-state index in [0.29, 0.717) is 4.67 Å². The number of alkyl halides is 3. The lowest BCUT2D eigenvalue weighted by molar-refractivity contribution is -0.137. The SMILES string of the molecule is O=C(NCC#CCOc1cccc(C(F)(F)F)c1)c1ccc(Br)o1. The number of carbonyl (C=O) groups is 1. The van der Waals surface area contributed by atoms with Crippen molar-refractivity contribution in [1.29, 1.82) is 0 Å². The quantitative estimate of drug-likeness (QED) is 0.791. The second-order valence-corrected chi connectivity index (χ2v) is 5.24. The summed E-state index contributed by atoms with van der Waals surface area (Å²) in [7, 11) is 0. The van der Waals surface area contributed by atoms with Gasteiger partial charge in [-0.1, -0.05) is 17.9 Å². The Hall–Kier alpha value is -2.40. The predicted molar refractivity (Wildman–Crippen MR) is 83.5 cm³/mol. The summed E-state index contributed by atoms with van der Waals surface area (Å²) in [6, 6.07) is 7.62. The zero-order valence-corrected chi connectivity index (χ0v) is 13.7. The molecule has 1 N–H and O–H groups in total. The minimum atomic E-state index is -4.42. The van der Waals surface area contributed by atoms with E-state index in [0.717, 1.165) is 12.1 Å². The van der Waals surface area contributed by atoms with Crippen LogP contribution in [-0.2, 0) is 6.18 Å². The summed E-state index contributed by atoms with van der Waals surface area (Å²) in [6.45, 7) is -0.0351. The molecule has 0 radical (unpaired) electrons. The molecule has 1 aromatic heterocycles. The van der Waals surface area contributed by atoms with Crippen molar-refractivity contribution in [3.05, 3.63) is 52.4 Å². The van der Waals surface area contributed by atoms with Gasteiger partial charge in [0.05, 0.1) is 12.1 Å². The average molecular weight is 402 g/mol. The molecule has 4 nitrogen and oxygen atoms in total. The van der Waals surface area contributed by atoms with Crippen molar-refractivity contribution in [2.24, 2.45) is 0 Å². The van der Waals surface area contributed by atoms with E-state index in [1.807, 2.05) is 0 Å². The first-order chi connectivity index (χ1) is 11.4. The molecule has 2 aromatic rings. The van der Waals surface area contributed by atoms with Gasteiger partial charge in [-0.05, 0) is 46.3 Å². The van der Waals surface area contributed by atoms with Gasteiger partial charge in [0.1, 0.15) is 12.4 Å². The second-order valence-electron chi connectivity index (χ2n) is 4.45. The van der Waals surface area contributed by atoms with Crippen molar-refractivity contribution in [3.8, 4) is 17.6 Å². The summed E-state index contributed by atoms with van der Waals surface area (Å²) in [5.41, 5.74) is -0.787. The number of hydrogen-bond acceptors (Lipinski definition) is 3. The molecule has 126 valence electrons. The molecule has 1 amide bonds. The third kappa shape index (κ3) is 5.35. The van der Waals surface area contributed by atoms with Gasteiger partial charge >= 0.3 is 6.18 Å². The highest BCUT2D eigenvalue weighted by molar-refractivity contribution is 9.10. The number of hydrogen-bond donors (Lipinski definition) is 1. The molecular weight excluding hydrogens is 391 g/mol. The fraction of sp³-hybridized carbons (Fsp3) is 0.188. The Morgan fingerprint density at radius 1 is 1.25 bits per heavy atom. The molecule has 2 rings (SSSR count). The molecule has 24 heavy (non-hydrogen) atoms. The van der Waals surface area contributed by atoms with Crippen LogP contribution in [0.15, 0.2) is 45.5 Å². The maximum Gasteiger partial charge on any atom is 0.416 e. The molecular formula is C16H11BrF3NO3. The van der Waals surface area contributed by atoms with Crippen molar-refractivity contribution in [2.45, 2.75) is 6.18 Å². The molecule has 1 heterocycles. The number of nitrogens with one attached hydrogen (secondary N) is 1. The number of ether oxygens (including phenoxy) is 1. The van der Waals surface area contributed by atoms with Crippen molar-refractivity contribution in [2.75, 3.05) is 13.2 Å². The molecule has 0 spiro atoms. The van der Waals surface area contributed by atoms with Crippen LogP contribution in [0, 0.1) is 11.8 Å². The van der Waals surface area contributed by atoms with Crippen LogP contribution in [0.1, 0.15) is 16.1 Å². The zero-order valence-electron chi connectivity index (χ0n) is 12.1. The summed E-state index contributed by atoms with van der Waals surface area (Å²) in [4.78, 5) is 11.6. The van der Waals surface area contributed by atoms with E-state index in [9.17, 15) is 18.0 Å². The summed E-state index contributed by atoms with van der Waals surface area (Å²) >= 11 is 3.08. The fourth-order valence-electron chi connectivity index (χ4n) is 1.64. The Morgan fingerprint density at radius 2 is 2.04 bits per heavy atom. The van der Waals surface area contributed by atoms with Crippen LogP contribution in [0.5, 0.6) is 5.75 Å². The van der Waals surface area contributed by atoms with Crippen LogP contribution >= 0.6 is 15.9 Å². The lowest BCUT2D eigenvalue weighted by Gasteiger charge is -2.08. The largest absolute Gasteiger partial charge is 0.481 e. The van der Waals surface area contributed by atoms with E-state index in [1.54, 1.807) is 6.07 Å². The lowest BCUT2D eigenvalue weighted by atomic mass is 10.2. The third-order valence-corrected chi connectivity index (χ3v) is 3.16. The maximum atomic E-state index is 12.5.